The highest BCUT2D eigenvalue weighted by atomic mass is 19.4. The highest BCUT2D eigenvalue weighted by Crippen LogP contribution is 2.38. The molecule has 2 aromatic carbocycles. The Morgan fingerprint density at radius 3 is 2.18 bits per heavy atom. The van der Waals surface area contributed by atoms with Gasteiger partial charge in [0.25, 0.3) is 0 Å². The van der Waals surface area contributed by atoms with E-state index < -0.39 is 24.5 Å². The van der Waals surface area contributed by atoms with E-state index in [-0.39, 0.29) is 23.2 Å². The molecule has 0 N–H and O–H groups in total. The molecule has 178 valence electrons. The van der Waals surface area contributed by atoms with E-state index in [0.717, 1.165) is 11.6 Å². The number of carbonyl (C=O) groups is 1. The Morgan fingerprint density at radius 1 is 1.00 bits per heavy atom. The fourth-order valence-corrected chi connectivity index (χ4v) is 3.20. The van der Waals surface area contributed by atoms with Crippen molar-refractivity contribution >= 4 is 23.5 Å². The molecular formula is C26H30F3NO3. The number of halogens is 3. The molecule has 0 aromatic heterocycles. The monoisotopic (exact) mass is 461 g/mol. The molecule has 0 atom stereocenters. The van der Waals surface area contributed by atoms with Crippen LogP contribution in [0.15, 0.2) is 53.5 Å². The topological polar surface area (TPSA) is 47.9 Å². The molecular weight excluding hydrogens is 431 g/mol. The van der Waals surface area contributed by atoms with Crippen molar-refractivity contribution in [2.45, 2.75) is 52.1 Å². The maximum atomic E-state index is 13.8. The molecule has 0 heterocycles. The summed E-state index contributed by atoms with van der Waals surface area (Å²) < 4.78 is 52.2. The number of allylic oxidation sites excluding steroid dienone is 1. The molecule has 0 fully saturated rings. The van der Waals surface area contributed by atoms with Gasteiger partial charge in [-0.05, 0) is 29.0 Å². The normalized spacial score (nSPS) is 13.1. The summed E-state index contributed by atoms with van der Waals surface area (Å²) in [4.78, 5) is 15.8. The van der Waals surface area contributed by atoms with Gasteiger partial charge in [0.1, 0.15) is 5.76 Å². The van der Waals surface area contributed by atoms with Gasteiger partial charge in [0.05, 0.1) is 5.56 Å². The average Bonchev–Trinajstić information content (AvgIpc) is 2.75. The SMILES string of the molecule is CCCC(=O)OCO/C(=C(/C=NC)c1ccc(C(C)(C)C)cc1)c1ccccc1C(F)(F)F. The van der Waals surface area contributed by atoms with Crippen LogP contribution in [0.5, 0.6) is 0 Å². The van der Waals surface area contributed by atoms with Crippen LogP contribution in [0.1, 0.15) is 62.8 Å². The lowest BCUT2D eigenvalue weighted by atomic mass is 9.86. The van der Waals surface area contributed by atoms with Gasteiger partial charge < -0.3 is 9.47 Å². The van der Waals surface area contributed by atoms with Gasteiger partial charge in [0.15, 0.2) is 0 Å². The van der Waals surface area contributed by atoms with Crippen LogP contribution in [0.4, 0.5) is 13.2 Å². The minimum atomic E-state index is -4.60. The Morgan fingerprint density at radius 2 is 1.64 bits per heavy atom. The van der Waals surface area contributed by atoms with Gasteiger partial charge in [-0.1, -0.05) is 70.2 Å². The van der Waals surface area contributed by atoms with Crippen LogP contribution in [-0.2, 0) is 25.9 Å². The lowest BCUT2D eigenvalue weighted by Gasteiger charge is -2.21. The zero-order chi connectivity index (χ0) is 24.6. The molecule has 0 radical (unpaired) electrons. The van der Waals surface area contributed by atoms with Crippen LogP contribution in [0.3, 0.4) is 0 Å². The number of aliphatic imine (C=N–C) groups is 1. The van der Waals surface area contributed by atoms with Crippen molar-refractivity contribution in [3.63, 3.8) is 0 Å². The summed E-state index contributed by atoms with van der Waals surface area (Å²) in [5.74, 6) is -0.553. The van der Waals surface area contributed by atoms with Gasteiger partial charge in [0, 0.05) is 30.8 Å². The van der Waals surface area contributed by atoms with Crippen LogP contribution < -0.4 is 0 Å². The molecule has 0 saturated carbocycles. The van der Waals surface area contributed by atoms with Crippen LogP contribution in [-0.4, -0.2) is 26.0 Å². The van der Waals surface area contributed by atoms with Gasteiger partial charge in [-0.3, -0.25) is 9.79 Å². The second kappa shape index (κ2) is 11.2. The van der Waals surface area contributed by atoms with Crippen LogP contribution >= 0.6 is 0 Å². The van der Waals surface area contributed by atoms with Crippen LogP contribution in [0.25, 0.3) is 11.3 Å². The van der Waals surface area contributed by atoms with Crippen molar-refractivity contribution < 1.29 is 27.4 Å². The summed E-state index contributed by atoms with van der Waals surface area (Å²) in [6, 6.07) is 12.6. The Labute approximate surface area is 193 Å². The zero-order valence-electron chi connectivity index (χ0n) is 19.6. The van der Waals surface area contributed by atoms with Gasteiger partial charge >= 0.3 is 12.1 Å². The first-order valence-electron chi connectivity index (χ1n) is 10.7. The number of ether oxygens (including phenoxy) is 2. The third-order valence-corrected chi connectivity index (χ3v) is 4.92. The minimum absolute atomic E-state index is 0.0682. The average molecular weight is 462 g/mol. The Bertz CT molecular complexity index is 1000. The molecule has 0 saturated heterocycles. The number of benzene rings is 2. The van der Waals surface area contributed by atoms with E-state index in [9.17, 15) is 18.0 Å². The van der Waals surface area contributed by atoms with Crippen molar-refractivity contribution in [2.24, 2.45) is 4.99 Å². The Kier molecular flexibility index (Phi) is 8.85. The molecule has 0 bridgehead atoms. The summed E-state index contributed by atoms with van der Waals surface area (Å²) in [6.07, 6.45) is -2.37. The van der Waals surface area contributed by atoms with E-state index >= 15 is 0 Å². The standard InChI is InChI=1S/C26H30F3NO3/c1-6-9-23(31)32-17-33-24(20-10-7-8-11-22(20)26(27,28)29)21(16-30-5)18-12-14-19(15-13-18)25(2,3)4/h7-8,10-16H,6,9,17H2,1-5H3/b24-21-,30-16?. The number of hydrogen-bond donors (Lipinski definition) is 0. The quantitative estimate of drug-likeness (QED) is 0.141. The Balaban J connectivity index is 2.65. The second-order valence-electron chi connectivity index (χ2n) is 8.53. The van der Waals surface area contributed by atoms with Crippen molar-refractivity contribution in [1.82, 2.24) is 0 Å². The van der Waals surface area contributed by atoms with E-state index in [0.29, 0.717) is 17.6 Å². The summed E-state index contributed by atoms with van der Waals surface area (Å²) >= 11 is 0. The predicted molar refractivity (Wildman–Crippen MR) is 125 cm³/mol. The molecule has 2 aromatic rings. The first-order chi connectivity index (χ1) is 15.5. The smallest absolute Gasteiger partial charge is 0.417 e. The van der Waals surface area contributed by atoms with Gasteiger partial charge in [-0.25, -0.2) is 0 Å². The number of alkyl halides is 3. The lowest BCUT2D eigenvalue weighted by Crippen LogP contribution is -2.13. The maximum absolute atomic E-state index is 13.8. The predicted octanol–water partition coefficient (Wildman–Crippen LogP) is 6.89. The number of carbonyl (C=O) groups excluding carboxylic acids is 1. The lowest BCUT2D eigenvalue weighted by molar-refractivity contribution is -0.151. The molecule has 0 aliphatic heterocycles. The van der Waals surface area contributed by atoms with Crippen molar-refractivity contribution in [1.29, 1.82) is 0 Å². The van der Waals surface area contributed by atoms with Gasteiger partial charge in [0.2, 0.25) is 6.79 Å². The molecule has 0 spiro atoms. The van der Waals surface area contributed by atoms with Crippen LogP contribution in [0, 0.1) is 0 Å². The third kappa shape index (κ3) is 7.20. The van der Waals surface area contributed by atoms with E-state index in [1.165, 1.54) is 31.5 Å². The summed E-state index contributed by atoms with van der Waals surface area (Å²) in [6.45, 7) is 7.53. The molecule has 0 aliphatic rings. The molecule has 7 heteroatoms. The van der Waals surface area contributed by atoms with Crippen LogP contribution in [0.2, 0.25) is 0 Å². The second-order valence-corrected chi connectivity index (χ2v) is 8.53. The van der Waals surface area contributed by atoms with E-state index in [4.69, 9.17) is 9.47 Å². The fourth-order valence-electron chi connectivity index (χ4n) is 3.20. The van der Waals surface area contributed by atoms with E-state index in [2.05, 4.69) is 25.8 Å². The van der Waals surface area contributed by atoms with Gasteiger partial charge in [-0.15, -0.1) is 0 Å². The highest BCUT2D eigenvalue weighted by Gasteiger charge is 2.35. The van der Waals surface area contributed by atoms with Crippen molar-refractivity contribution in [3.05, 3.63) is 70.8 Å². The highest BCUT2D eigenvalue weighted by molar-refractivity contribution is 6.18. The number of esters is 1. The fraction of sp³-hybridized carbons (Fsp3) is 0.385. The first kappa shape index (κ1) is 26.2. The van der Waals surface area contributed by atoms with Crippen molar-refractivity contribution in [3.8, 4) is 0 Å². The zero-order valence-corrected chi connectivity index (χ0v) is 19.6. The largest absolute Gasteiger partial charge is 0.456 e. The summed E-state index contributed by atoms with van der Waals surface area (Å²) in [5, 5.41) is 0. The maximum Gasteiger partial charge on any atom is 0.417 e. The minimum Gasteiger partial charge on any atom is -0.456 e. The number of hydrogen-bond acceptors (Lipinski definition) is 4. The Hall–Kier alpha value is -3.09. The van der Waals surface area contributed by atoms with E-state index in [1.807, 2.05) is 31.2 Å². The molecule has 0 aliphatic carbocycles. The summed E-state index contributed by atoms with van der Waals surface area (Å²) in [5.41, 5.74) is 0.948. The first-order valence-corrected chi connectivity index (χ1v) is 10.7. The van der Waals surface area contributed by atoms with Gasteiger partial charge in [-0.2, -0.15) is 13.2 Å². The van der Waals surface area contributed by atoms with E-state index in [1.54, 1.807) is 0 Å². The molecule has 0 unspecified atom stereocenters. The molecule has 2 rings (SSSR count). The summed E-state index contributed by atoms with van der Waals surface area (Å²) in [7, 11) is 1.53. The van der Waals surface area contributed by atoms with Crippen molar-refractivity contribution in [2.75, 3.05) is 13.8 Å². The number of nitrogens with zero attached hydrogens (tertiary/aromatic N) is 1. The third-order valence-electron chi connectivity index (χ3n) is 4.92. The number of rotatable bonds is 8. The molecule has 33 heavy (non-hydrogen) atoms. The molecule has 4 nitrogen and oxygen atoms in total. The molecule has 0 amide bonds.